The Balaban J connectivity index is 2.18. The van der Waals surface area contributed by atoms with Gasteiger partial charge in [-0.3, -0.25) is 10.1 Å². The molecule has 1 aliphatic heterocycles. The fourth-order valence-electron chi connectivity index (χ4n) is 2.80. The van der Waals surface area contributed by atoms with Crippen molar-refractivity contribution >= 4 is 5.91 Å². The Labute approximate surface area is 105 Å². The minimum absolute atomic E-state index is 0.0304. The molecular formula is C12H19F3N2O. The van der Waals surface area contributed by atoms with Gasteiger partial charge in [0.05, 0.1) is 12.2 Å². The second-order valence-electron chi connectivity index (χ2n) is 5.76. The van der Waals surface area contributed by atoms with Gasteiger partial charge in [-0.05, 0) is 32.1 Å². The summed E-state index contributed by atoms with van der Waals surface area (Å²) < 4.78 is 39.2. The molecule has 1 saturated carbocycles. The highest BCUT2D eigenvalue weighted by molar-refractivity contribution is 5.85. The summed E-state index contributed by atoms with van der Waals surface area (Å²) >= 11 is 0. The molecule has 0 aromatic rings. The SMILES string of the molecule is CC(C)CC1NC(C)N(C2(C(F)(F)F)CC2)C1=O. The van der Waals surface area contributed by atoms with Crippen LogP contribution >= 0.6 is 0 Å². The number of nitrogens with one attached hydrogen (secondary N) is 1. The number of hydrogen-bond acceptors (Lipinski definition) is 2. The quantitative estimate of drug-likeness (QED) is 0.848. The zero-order valence-electron chi connectivity index (χ0n) is 10.8. The Hall–Kier alpha value is -0.780. The van der Waals surface area contributed by atoms with Gasteiger partial charge in [-0.1, -0.05) is 13.8 Å². The molecule has 1 saturated heterocycles. The van der Waals surface area contributed by atoms with Gasteiger partial charge in [0.2, 0.25) is 5.91 Å². The molecule has 0 radical (unpaired) electrons. The lowest BCUT2D eigenvalue weighted by Crippen LogP contribution is -2.53. The van der Waals surface area contributed by atoms with E-state index in [1.807, 2.05) is 13.8 Å². The van der Waals surface area contributed by atoms with E-state index in [0.717, 1.165) is 4.90 Å². The summed E-state index contributed by atoms with van der Waals surface area (Å²) in [4.78, 5) is 13.2. The van der Waals surface area contributed by atoms with Crippen molar-refractivity contribution in [2.45, 2.75) is 64.0 Å². The van der Waals surface area contributed by atoms with E-state index >= 15 is 0 Å². The Kier molecular flexibility index (Phi) is 3.12. The number of carbonyl (C=O) groups excluding carboxylic acids is 1. The molecule has 0 spiro atoms. The second kappa shape index (κ2) is 4.11. The topological polar surface area (TPSA) is 32.3 Å². The number of amides is 1. The van der Waals surface area contributed by atoms with Crippen LogP contribution in [-0.2, 0) is 4.79 Å². The molecule has 2 fully saturated rings. The lowest BCUT2D eigenvalue weighted by molar-refractivity contribution is -0.201. The van der Waals surface area contributed by atoms with Crippen molar-refractivity contribution in [3.63, 3.8) is 0 Å². The Morgan fingerprint density at radius 3 is 2.39 bits per heavy atom. The van der Waals surface area contributed by atoms with Crippen LogP contribution < -0.4 is 5.32 Å². The maximum Gasteiger partial charge on any atom is 0.411 e. The average molecular weight is 264 g/mol. The Bertz CT molecular complexity index is 350. The van der Waals surface area contributed by atoms with Gasteiger partial charge >= 0.3 is 6.18 Å². The van der Waals surface area contributed by atoms with E-state index in [0.29, 0.717) is 6.42 Å². The van der Waals surface area contributed by atoms with E-state index in [2.05, 4.69) is 5.32 Å². The predicted octanol–water partition coefficient (Wildman–Crippen LogP) is 2.27. The highest BCUT2D eigenvalue weighted by Gasteiger charge is 2.70. The molecule has 1 heterocycles. The van der Waals surface area contributed by atoms with E-state index in [9.17, 15) is 18.0 Å². The van der Waals surface area contributed by atoms with Crippen molar-refractivity contribution in [1.82, 2.24) is 10.2 Å². The minimum atomic E-state index is -4.33. The molecule has 2 aliphatic rings. The molecule has 104 valence electrons. The fraction of sp³-hybridized carbons (Fsp3) is 0.917. The molecule has 2 unspecified atom stereocenters. The summed E-state index contributed by atoms with van der Waals surface area (Å²) in [6.45, 7) is 5.54. The largest absolute Gasteiger partial charge is 0.411 e. The molecule has 0 bridgehead atoms. The maximum atomic E-state index is 13.1. The molecule has 18 heavy (non-hydrogen) atoms. The number of alkyl halides is 3. The first-order valence-corrected chi connectivity index (χ1v) is 6.35. The normalized spacial score (nSPS) is 31.3. The van der Waals surface area contributed by atoms with Gasteiger partial charge < -0.3 is 4.90 Å². The van der Waals surface area contributed by atoms with Crippen molar-refractivity contribution in [1.29, 1.82) is 0 Å². The summed E-state index contributed by atoms with van der Waals surface area (Å²) in [7, 11) is 0. The zero-order valence-corrected chi connectivity index (χ0v) is 10.8. The van der Waals surface area contributed by atoms with Crippen LogP contribution in [0.3, 0.4) is 0 Å². The fourth-order valence-corrected chi connectivity index (χ4v) is 2.80. The van der Waals surface area contributed by atoms with Crippen molar-refractivity contribution < 1.29 is 18.0 Å². The van der Waals surface area contributed by atoms with Gasteiger partial charge in [0.15, 0.2) is 0 Å². The van der Waals surface area contributed by atoms with Gasteiger partial charge in [-0.25, -0.2) is 0 Å². The molecule has 0 aromatic carbocycles. The van der Waals surface area contributed by atoms with E-state index in [4.69, 9.17) is 0 Å². The molecule has 1 aliphatic carbocycles. The van der Waals surface area contributed by atoms with Gasteiger partial charge in [0.1, 0.15) is 5.54 Å². The van der Waals surface area contributed by atoms with Crippen LogP contribution in [0, 0.1) is 5.92 Å². The van der Waals surface area contributed by atoms with E-state index < -0.39 is 29.8 Å². The van der Waals surface area contributed by atoms with Gasteiger partial charge in [0, 0.05) is 0 Å². The molecule has 2 atom stereocenters. The molecular weight excluding hydrogens is 245 g/mol. The predicted molar refractivity (Wildman–Crippen MR) is 60.7 cm³/mol. The summed E-state index contributed by atoms with van der Waals surface area (Å²) in [5.41, 5.74) is -1.90. The third-order valence-electron chi connectivity index (χ3n) is 3.78. The van der Waals surface area contributed by atoms with Crippen LogP contribution in [0.4, 0.5) is 13.2 Å². The van der Waals surface area contributed by atoms with Crippen LogP contribution in [0.1, 0.15) is 40.0 Å². The smallest absolute Gasteiger partial charge is 0.311 e. The van der Waals surface area contributed by atoms with Gasteiger partial charge in [0.25, 0.3) is 0 Å². The number of hydrogen-bond donors (Lipinski definition) is 1. The van der Waals surface area contributed by atoms with Crippen LogP contribution in [0.25, 0.3) is 0 Å². The monoisotopic (exact) mass is 264 g/mol. The highest BCUT2D eigenvalue weighted by Crippen LogP contribution is 2.55. The van der Waals surface area contributed by atoms with Gasteiger partial charge in [-0.2, -0.15) is 13.2 Å². The van der Waals surface area contributed by atoms with Crippen LogP contribution in [-0.4, -0.2) is 34.7 Å². The van der Waals surface area contributed by atoms with Crippen LogP contribution in [0.15, 0.2) is 0 Å². The van der Waals surface area contributed by atoms with Crippen molar-refractivity contribution in [2.24, 2.45) is 5.92 Å². The van der Waals surface area contributed by atoms with E-state index in [1.165, 1.54) is 0 Å². The summed E-state index contributed by atoms with van der Waals surface area (Å²) in [6, 6.07) is -0.472. The van der Waals surface area contributed by atoms with Crippen molar-refractivity contribution in [3.8, 4) is 0 Å². The molecule has 3 nitrogen and oxygen atoms in total. The summed E-state index contributed by atoms with van der Waals surface area (Å²) in [5, 5.41) is 2.98. The zero-order chi connectivity index (χ0) is 13.7. The first kappa shape index (κ1) is 13.6. The summed E-state index contributed by atoms with van der Waals surface area (Å²) in [6.07, 6.45) is -4.23. The minimum Gasteiger partial charge on any atom is -0.311 e. The van der Waals surface area contributed by atoms with Crippen LogP contribution in [0.2, 0.25) is 0 Å². The molecule has 2 rings (SSSR count). The molecule has 0 aromatic heterocycles. The molecule has 1 N–H and O–H groups in total. The molecule has 6 heteroatoms. The number of nitrogens with zero attached hydrogens (tertiary/aromatic N) is 1. The lowest BCUT2D eigenvalue weighted by Gasteiger charge is -2.32. The lowest BCUT2D eigenvalue weighted by atomic mass is 10.0. The average Bonchev–Trinajstić information content (AvgIpc) is 2.92. The third kappa shape index (κ3) is 2.00. The number of carbonyl (C=O) groups is 1. The van der Waals surface area contributed by atoms with E-state index in [1.54, 1.807) is 6.92 Å². The van der Waals surface area contributed by atoms with Crippen LogP contribution in [0.5, 0.6) is 0 Å². The van der Waals surface area contributed by atoms with Gasteiger partial charge in [-0.15, -0.1) is 0 Å². The maximum absolute atomic E-state index is 13.1. The Morgan fingerprint density at radius 2 is 2.00 bits per heavy atom. The Morgan fingerprint density at radius 1 is 1.44 bits per heavy atom. The molecule has 1 amide bonds. The third-order valence-corrected chi connectivity index (χ3v) is 3.78. The summed E-state index contributed by atoms with van der Waals surface area (Å²) in [5.74, 6) is -0.120. The number of halogens is 3. The second-order valence-corrected chi connectivity index (χ2v) is 5.76. The number of rotatable bonds is 3. The standard InChI is InChI=1S/C12H19F3N2O/c1-7(2)6-9-10(18)17(8(3)16-9)11(4-5-11)12(13,14)15/h7-9,16H,4-6H2,1-3H3. The van der Waals surface area contributed by atoms with Crippen molar-refractivity contribution in [3.05, 3.63) is 0 Å². The first-order valence-electron chi connectivity index (χ1n) is 6.35. The first-order chi connectivity index (χ1) is 8.19. The highest BCUT2D eigenvalue weighted by atomic mass is 19.4. The van der Waals surface area contributed by atoms with E-state index in [-0.39, 0.29) is 18.8 Å². The van der Waals surface area contributed by atoms with Crippen molar-refractivity contribution in [2.75, 3.05) is 0 Å².